The number of amides is 1. The molecule has 0 saturated heterocycles. The van der Waals surface area contributed by atoms with Crippen molar-refractivity contribution >= 4 is 34.0 Å². The molecule has 0 aliphatic carbocycles. The Balaban J connectivity index is 1.90. The highest BCUT2D eigenvalue weighted by atomic mass is 35.5. The minimum atomic E-state index is -1.08. The fraction of sp³-hybridized carbons (Fsp3) is 0.0588. The number of halogens is 1. The van der Waals surface area contributed by atoms with Gasteiger partial charge in [0.1, 0.15) is 5.69 Å². The lowest BCUT2D eigenvalue weighted by molar-refractivity contribution is 0.102. The van der Waals surface area contributed by atoms with Crippen LogP contribution in [0.25, 0.3) is 5.69 Å². The molecule has 0 saturated carbocycles. The number of hydrogen-bond donors (Lipinski definition) is 1. The van der Waals surface area contributed by atoms with E-state index in [2.05, 4.69) is 10.4 Å². The fourth-order valence-electron chi connectivity index (χ4n) is 2.24. The Morgan fingerprint density at radius 3 is 2.54 bits per heavy atom. The molecule has 0 aliphatic rings. The monoisotopic (exact) mass is 359 g/mol. The molecule has 2 aromatic carbocycles. The Kier molecular flexibility index (Phi) is 4.78. The Morgan fingerprint density at radius 1 is 1.17 bits per heavy atom. The highest BCUT2D eigenvalue weighted by Gasteiger charge is 2.13. The van der Waals surface area contributed by atoms with Gasteiger partial charge >= 0.3 is 0 Å². The molecule has 1 unspecified atom stereocenters. The summed E-state index contributed by atoms with van der Waals surface area (Å²) in [5.74, 6) is -0.279. The smallest absolute Gasteiger partial charge is 0.255 e. The second kappa shape index (κ2) is 6.98. The molecule has 3 rings (SSSR count). The van der Waals surface area contributed by atoms with Crippen LogP contribution < -0.4 is 5.32 Å². The second-order valence-corrected chi connectivity index (χ2v) is 6.81. The summed E-state index contributed by atoms with van der Waals surface area (Å²) in [5, 5.41) is 7.49. The summed E-state index contributed by atoms with van der Waals surface area (Å²) in [7, 11) is -1.08. The van der Waals surface area contributed by atoms with E-state index in [1.54, 1.807) is 71.9 Å². The Labute approximate surface area is 146 Å². The van der Waals surface area contributed by atoms with Gasteiger partial charge in [-0.15, -0.1) is 0 Å². The average molecular weight is 360 g/mol. The standard InChI is InChI=1S/C17H14ClN3O2S/c1-24(23)13-8-6-12(7-9-13)17(22)20-15-5-2-4-14(18)16(15)21-11-3-10-19-21/h2-11H,1H3,(H,20,22). The molecule has 0 bridgehead atoms. The van der Waals surface area contributed by atoms with Gasteiger partial charge < -0.3 is 5.32 Å². The molecule has 24 heavy (non-hydrogen) atoms. The summed E-state index contributed by atoms with van der Waals surface area (Å²) >= 11 is 6.26. The maximum absolute atomic E-state index is 12.5. The molecule has 1 aromatic heterocycles. The van der Waals surface area contributed by atoms with Crippen molar-refractivity contribution in [1.82, 2.24) is 9.78 Å². The predicted molar refractivity (Wildman–Crippen MR) is 95.3 cm³/mol. The zero-order chi connectivity index (χ0) is 17.1. The molecule has 1 heterocycles. The third-order valence-electron chi connectivity index (χ3n) is 3.42. The van der Waals surface area contributed by atoms with Gasteiger partial charge in [-0.2, -0.15) is 5.10 Å². The van der Waals surface area contributed by atoms with E-state index in [0.29, 0.717) is 26.9 Å². The lowest BCUT2D eigenvalue weighted by atomic mass is 10.2. The first kappa shape index (κ1) is 16.4. The van der Waals surface area contributed by atoms with E-state index >= 15 is 0 Å². The molecule has 122 valence electrons. The first-order valence-electron chi connectivity index (χ1n) is 7.09. The van der Waals surface area contributed by atoms with Gasteiger partial charge in [-0.05, 0) is 42.5 Å². The van der Waals surface area contributed by atoms with E-state index in [-0.39, 0.29) is 5.91 Å². The first-order chi connectivity index (χ1) is 11.6. The van der Waals surface area contributed by atoms with Gasteiger partial charge in [-0.3, -0.25) is 9.00 Å². The molecular weight excluding hydrogens is 346 g/mol. The van der Waals surface area contributed by atoms with Crippen LogP contribution in [0.5, 0.6) is 0 Å². The zero-order valence-corrected chi connectivity index (χ0v) is 14.3. The van der Waals surface area contributed by atoms with Gasteiger partial charge in [0.25, 0.3) is 5.91 Å². The van der Waals surface area contributed by atoms with E-state index in [1.807, 2.05) is 0 Å². The molecule has 0 spiro atoms. The van der Waals surface area contributed by atoms with Crippen molar-refractivity contribution in [2.45, 2.75) is 4.90 Å². The van der Waals surface area contributed by atoms with Crippen molar-refractivity contribution in [2.24, 2.45) is 0 Å². The first-order valence-corrected chi connectivity index (χ1v) is 9.03. The molecule has 1 atom stereocenters. The number of hydrogen-bond acceptors (Lipinski definition) is 3. The van der Waals surface area contributed by atoms with Crippen molar-refractivity contribution in [3.05, 3.63) is 71.5 Å². The molecule has 5 nitrogen and oxygen atoms in total. The third kappa shape index (κ3) is 3.39. The van der Waals surface area contributed by atoms with E-state index in [1.165, 1.54) is 0 Å². The summed E-state index contributed by atoms with van der Waals surface area (Å²) in [5.41, 5.74) is 1.62. The second-order valence-electron chi connectivity index (χ2n) is 5.02. The predicted octanol–water partition coefficient (Wildman–Crippen LogP) is 3.52. The molecule has 7 heteroatoms. The van der Waals surface area contributed by atoms with Crippen molar-refractivity contribution in [3.8, 4) is 5.69 Å². The normalized spacial score (nSPS) is 11.9. The van der Waals surface area contributed by atoms with Crippen LogP contribution in [0.1, 0.15) is 10.4 Å². The van der Waals surface area contributed by atoms with E-state index in [9.17, 15) is 9.00 Å². The minimum absolute atomic E-state index is 0.279. The molecule has 3 aromatic rings. The van der Waals surface area contributed by atoms with E-state index in [0.717, 1.165) is 0 Å². The van der Waals surface area contributed by atoms with Crippen molar-refractivity contribution in [1.29, 1.82) is 0 Å². The highest BCUT2D eigenvalue weighted by Crippen LogP contribution is 2.28. The molecule has 1 N–H and O–H groups in total. The van der Waals surface area contributed by atoms with Crippen LogP contribution in [0.4, 0.5) is 5.69 Å². The number of nitrogens with one attached hydrogen (secondary N) is 1. The quantitative estimate of drug-likeness (QED) is 0.775. The third-order valence-corrected chi connectivity index (χ3v) is 4.66. The van der Waals surface area contributed by atoms with Crippen LogP contribution in [-0.2, 0) is 10.8 Å². The van der Waals surface area contributed by atoms with Crippen molar-refractivity contribution < 1.29 is 9.00 Å². The van der Waals surface area contributed by atoms with E-state index in [4.69, 9.17) is 11.6 Å². The lowest BCUT2D eigenvalue weighted by Crippen LogP contribution is -2.14. The van der Waals surface area contributed by atoms with Crippen LogP contribution >= 0.6 is 11.6 Å². The number of para-hydroxylation sites is 1. The summed E-state index contributed by atoms with van der Waals surface area (Å²) < 4.78 is 13.0. The van der Waals surface area contributed by atoms with Crippen LogP contribution in [0.15, 0.2) is 65.8 Å². The maximum atomic E-state index is 12.5. The Bertz CT molecular complexity index is 893. The van der Waals surface area contributed by atoms with Crippen LogP contribution in [0.2, 0.25) is 5.02 Å². The van der Waals surface area contributed by atoms with Gasteiger partial charge in [0.15, 0.2) is 0 Å². The van der Waals surface area contributed by atoms with Gasteiger partial charge in [0.2, 0.25) is 0 Å². The maximum Gasteiger partial charge on any atom is 0.255 e. The van der Waals surface area contributed by atoms with E-state index < -0.39 is 10.8 Å². The topological polar surface area (TPSA) is 64.0 Å². The van der Waals surface area contributed by atoms with Crippen LogP contribution in [-0.4, -0.2) is 26.2 Å². The lowest BCUT2D eigenvalue weighted by Gasteiger charge is -2.13. The summed E-state index contributed by atoms with van der Waals surface area (Å²) in [4.78, 5) is 13.1. The van der Waals surface area contributed by atoms with Crippen molar-refractivity contribution in [3.63, 3.8) is 0 Å². The molecule has 0 radical (unpaired) electrons. The fourth-order valence-corrected chi connectivity index (χ4v) is 3.02. The highest BCUT2D eigenvalue weighted by molar-refractivity contribution is 7.84. The number of anilines is 1. The van der Waals surface area contributed by atoms with Crippen LogP contribution in [0, 0.1) is 0 Å². The number of carbonyl (C=O) groups is 1. The van der Waals surface area contributed by atoms with Gasteiger partial charge in [-0.1, -0.05) is 17.7 Å². The molecule has 0 aliphatic heterocycles. The van der Waals surface area contributed by atoms with Gasteiger partial charge in [0, 0.05) is 39.9 Å². The molecule has 1 amide bonds. The number of carbonyl (C=O) groups excluding carboxylic acids is 1. The number of rotatable bonds is 4. The Morgan fingerprint density at radius 2 is 1.92 bits per heavy atom. The van der Waals surface area contributed by atoms with Crippen molar-refractivity contribution in [2.75, 3.05) is 11.6 Å². The minimum Gasteiger partial charge on any atom is -0.320 e. The summed E-state index contributed by atoms with van der Waals surface area (Å²) in [6.07, 6.45) is 4.98. The largest absolute Gasteiger partial charge is 0.320 e. The molecular formula is C17H14ClN3O2S. The average Bonchev–Trinajstić information content (AvgIpc) is 3.09. The number of nitrogens with zero attached hydrogens (tertiary/aromatic N) is 2. The summed E-state index contributed by atoms with van der Waals surface area (Å²) in [6, 6.07) is 13.7. The van der Waals surface area contributed by atoms with Gasteiger partial charge in [0.05, 0.1) is 10.7 Å². The van der Waals surface area contributed by atoms with Gasteiger partial charge in [-0.25, -0.2) is 4.68 Å². The number of aromatic nitrogens is 2. The summed E-state index contributed by atoms with van der Waals surface area (Å²) in [6.45, 7) is 0. The molecule has 0 fully saturated rings. The van der Waals surface area contributed by atoms with Crippen LogP contribution in [0.3, 0.4) is 0 Å². The number of benzene rings is 2. The zero-order valence-electron chi connectivity index (χ0n) is 12.8. The SMILES string of the molecule is CS(=O)c1ccc(C(=O)Nc2cccc(Cl)c2-n2cccn2)cc1. The Hall–Kier alpha value is -2.44.